The van der Waals surface area contributed by atoms with Crippen LogP contribution < -0.4 is 9.47 Å². The summed E-state index contributed by atoms with van der Waals surface area (Å²) in [6, 6.07) is 12.3. The standard InChI is InChI=1S/C23H26FNO4/c24-19-3-1-2-18(12-19)14-23(15-26)8-10-25(11-9-23)22(27)7-5-17-4-6-20-21(13-17)29-16-28-20/h1-4,6,12-13,26H,5,7-11,14-16H2. The maximum atomic E-state index is 13.5. The first-order valence-electron chi connectivity index (χ1n) is 10.1. The molecule has 0 aromatic heterocycles. The number of fused-ring (bicyclic) bond motifs is 1. The minimum absolute atomic E-state index is 0.0444. The molecule has 2 aliphatic heterocycles. The molecular formula is C23H26FNO4. The van der Waals surface area contributed by atoms with E-state index in [-0.39, 0.29) is 30.5 Å². The third kappa shape index (κ3) is 4.53. The summed E-state index contributed by atoms with van der Waals surface area (Å²) in [5.74, 6) is 1.35. The summed E-state index contributed by atoms with van der Waals surface area (Å²) in [6.45, 7) is 1.53. The molecule has 2 aromatic rings. The third-order valence-electron chi connectivity index (χ3n) is 6.04. The van der Waals surface area contributed by atoms with E-state index in [0.717, 1.165) is 35.5 Å². The molecule has 4 rings (SSSR count). The van der Waals surface area contributed by atoms with Crippen molar-refractivity contribution in [2.45, 2.75) is 32.1 Å². The van der Waals surface area contributed by atoms with E-state index in [1.165, 1.54) is 12.1 Å². The van der Waals surface area contributed by atoms with Gasteiger partial charge < -0.3 is 19.5 Å². The van der Waals surface area contributed by atoms with Crippen LogP contribution in [-0.2, 0) is 17.6 Å². The van der Waals surface area contributed by atoms with Crippen LogP contribution in [0.5, 0.6) is 11.5 Å². The van der Waals surface area contributed by atoms with Gasteiger partial charge in [0.05, 0.1) is 0 Å². The van der Waals surface area contributed by atoms with Gasteiger partial charge in [-0.05, 0) is 61.1 Å². The Kier molecular flexibility index (Phi) is 5.72. The molecule has 1 fully saturated rings. The fourth-order valence-corrected chi connectivity index (χ4v) is 4.21. The van der Waals surface area contributed by atoms with Crippen molar-refractivity contribution in [3.8, 4) is 11.5 Å². The Morgan fingerprint density at radius 3 is 2.62 bits per heavy atom. The second kappa shape index (κ2) is 8.41. The number of likely N-dealkylation sites (tertiary alicyclic amines) is 1. The molecule has 6 heteroatoms. The maximum Gasteiger partial charge on any atom is 0.231 e. The zero-order valence-electron chi connectivity index (χ0n) is 16.4. The van der Waals surface area contributed by atoms with Gasteiger partial charge in [0.2, 0.25) is 12.7 Å². The average Bonchev–Trinajstić information content (AvgIpc) is 3.20. The molecule has 1 saturated heterocycles. The minimum Gasteiger partial charge on any atom is -0.454 e. The van der Waals surface area contributed by atoms with Crippen LogP contribution in [0.1, 0.15) is 30.4 Å². The van der Waals surface area contributed by atoms with Gasteiger partial charge in [-0.3, -0.25) is 4.79 Å². The lowest BCUT2D eigenvalue weighted by Crippen LogP contribution is -2.45. The smallest absolute Gasteiger partial charge is 0.231 e. The number of benzene rings is 2. The van der Waals surface area contributed by atoms with Crippen molar-refractivity contribution in [2.24, 2.45) is 5.41 Å². The van der Waals surface area contributed by atoms with Crippen molar-refractivity contribution >= 4 is 5.91 Å². The number of piperidine rings is 1. The summed E-state index contributed by atoms with van der Waals surface area (Å²) >= 11 is 0. The SMILES string of the molecule is O=C(CCc1ccc2c(c1)OCO2)N1CCC(CO)(Cc2cccc(F)c2)CC1. The predicted molar refractivity (Wildman–Crippen MR) is 106 cm³/mol. The third-order valence-corrected chi connectivity index (χ3v) is 6.04. The lowest BCUT2D eigenvalue weighted by atomic mass is 9.74. The van der Waals surface area contributed by atoms with E-state index in [4.69, 9.17) is 9.47 Å². The van der Waals surface area contributed by atoms with E-state index in [1.807, 2.05) is 29.2 Å². The van der Waals surface area contributed by atoms with Crippen LogP contribution in [0.2, 0.25) is 0 Å². The van der Waals surface area contributed by atoms with Crippen molar-refractivity contribution < 1.29 is 23.8 Å². The van der Waals surface area contributed by atoms with Crippen LogP contribution in [0.15, 0.2) is 42.5 Å². The Bertz CT molecular complexity index is 877. The first-order chi connectivity index (χ1) is 14.1. The molecule has 0 atom stereocenters. The first kappa shape index (κ1) is 19.7. The molecule has 29 heavy (non-hydrogen) atoms. The van der Waals surface area contributed by atoms with Gasteiger partial charge >= 0.3 is 0 Å². The van der Waals surface area contributed by atoms with Crippen LogP contribution in [0, 0.1) is 11.2 Å². The van der Waals surface area contributed by atoms with Crippen LogP contribution >= 0.6 is 0 Å². The zero-order valence-corrected chi connectivity index (χ0v) is 16.4. The van der Waals surface area contributed by atoms with E-state index in [1.54, 1.807) is 6.07 Å². The van der Waals surface area contributed by atoms with Crippen molar-refractivity contribution in [1.82, 2.24) is 4.90 Å². The van der Waals surface area contributed by atoms with Crippen LogP contribution in [0.25, 0.3) is 0 Å². The van der Waals surface area contributed by atoms with Gasteiger partial charge in [-0.1, -0.05) is 18.2 Å². The van der Waals surface area contributed by atoms with E-state index >= 15 is 0 Å². The van der Waals surface area contributed by atoms with Gasteiger partial charge in [-0.2, -0.15) is 0 Å². The van der Waals surface area contributed by atoms with E-state index in [2.05, 4.69) is 0 Å². The average molecular weight is 399 g/mol. The Labute approximate surface area is 170 Å². The second-order valence-corrected chi connectivity index (χ2v) is 8.03. The first-order valence-corrected chi connectivity index (χ1v) is 10.1. The minimum atomic E-state index is -0.290. The summed E-state index contributed by atoms with van der Waals surface area (Å²) in [4.78, 5) is 14.5. The summed E-state index contributed by atoms with van der Waals surface area (Å²) in [7, 11) is 0. The molecule has 5 nitrogen and oxygen atoms in total. The number of aliphatic hydroxyl groups excluding tert-OH is 1. The van der Waals surface area contributed by atoms with Crippen molar-refractivity contribution in [3.63, 3.8) is 0 Å². The predicted octanol–water partition coefficient (Wildman–Crippen LogP) is 3.33. The molecule has 0 saturated carbocycles. The van der Waals surface area contributed by atoms with E-state index < -0.39 is 0 Å². The van der Waals surface area contributed by atoms with Gasteiger partial charge in [0.1, 0.15) is 5.82 Å². The highest BCUT2D eigenvalue weighted by Crippen LogP contribution is 2.36. The number of hydrogen-bond donors (Lipinski definition) is 1. The number of carbonyl (C=O) groups excluding carboxylic acids is 1. The van der Waals surface area contributed by atoms with Gasteiger partial charge in [-0.15, -0.1) is 0 Å². The van der Waals surface area contributed by atoms with Crippen LogP contribution in [-0.4, -0.2) is 42.4 Å². The fourth-order valence-electron chi connectivity index (χ4n) is 4.21. The molecule has 0 spiro atoms. The highest BCUT2D eigenvalue weighted by atomic mass is 19.1. The molecule has 2 aliphatic rings. The number of carbonyl (C=O) groups is 1. The fraction of sp³-hybridized carbons (Fsp3) is 0.435. The van der Waals surface area contributed by atoms with Crippen molar-refractivity contribution in [2.75, 3.05) is 26.5 Å². The molecule has 1 N–H and O–H groups in total. The zero-order chi connectivity index (χ0) is 20.3. The number of aryl methyl sites for hydroxylation is 1. The molecule has 0 bridgehead atoms. The maximum absolute atomic E-state index is 13.5. The molecule has 0 unspecified atom stereocenters. The van der Waals surface area contributed by atoms with Gasteiger partial charge in [0, 0.05) is 31.5 Å². The number of hydrogen-bond acceptors (Lipinski definition) is 4. The summed E-state index contributed by atoms with van der Waals surface area (Å²) in [5.41, 5.74) is 1.65. The van der Waals surface area contributed by atoms with Crippen molar-refractivity contribution in [1.29, 1.82) is 0 Å². The van der Waals surface area contributed by atoms with Crippen molar-refractivity contribution in [3.05, 3.63) is 59.4 Å². The number of rotatable bonds is 6. The second-order valence-electron chi connectivity index (χ2n) is 8.03. The largest absolute Gasteiger partial charge is 0.454 e. The normalized spacial score (nSPS) is 17.4. The van der Waals surface area contributed by atoms with Crippen LogP contribution in [0.3, 0.4) is 0 Å². The van der Waals surface area contributed by atoms with Gasteiger partial charge in [0.25, 0.3) is 0 Å². The lowest BCUT2D eigenvalue weighted by molar-refractivity contribution is -0.134. The highest BCUT2D eigenvalue weighted by Gasteiger charge is 2.35. The van der Waals surface area contributed by atoms with E-state index in [0.29, 0.717) is 32.4 Å². The number of ether oxygens (including phenoxy) is 2. The highest BCUT2D eigenvalue weighted by molar-refractivity contribution is 5.76. The number of amides is 1. The number of nitrogens with zero attached hydrogens (tertiary/aromatic N) is 1. The molecule has 2 heterocycles. The number of aliphatic hydroxyl groups is 1. The van der Waals surface area contributed by atoms with Gasteiger partial charge in [0.15, 0.2) is 11.5 Å². The Balaban J connectivity index is 1.30. The summed E-state index contributed by atoms with van der Waals surface area (Å²) in [5, 5.41) is 10.0. The molecule has 1 amide bonds. The molecule has 154 valence electrons. The van der Waals surface area contributed by atoms with E-state index in [9.17, 15) is 14.3 Å². The Hall–Kier alpha value is -2.60. The summed E-state index contributed by atoms with van der Waals surface area (Å²) < 4.78 is 24.2. The Morgan fingerprint density at radius 2 is 1.86 bits per heavy atom. The van der Waals surface area contributed by atoms with Gasteiger partial charge in [-0.25, -0.2) is 4.39 Å². The molecular weight excluding hydrogens is 373 g/mol. The Morgan fingerprint density at radius 1 is 1.07 bits per heavy atom. The topological polar surface area (TPSA) is 59.0 Å². The molecule has 2 aromatic carbocycles. The number of halogens is 1. The lowest BCUT2D eigenvalue weighted by Gasteiger charge is -2.41. The monoisotopic (exact) mass is 399 g/mol. The summed E-state index contributed by atoms with van der Waals surface area (Å²) in [6.07, 6.45) is 3.15. The van der Waals surface area contributed by atoms with Crippen LogP contribution in [0.4, 0.5) is 4.39 Å². The molecule has 0 radical (unpaired) electrons. The molecule has 0 aliphatic carbocycles. The quantitative estimate of drug-likeness (QED) is 0.810.